The number of ether oxygens (including phenoxy) is 8. The van der Waals surface area contributed by atoms with Gasteiger partial charge in [-0.2, -0.15) is 0 Å². The normalized spacial score (nSPS) is 10.5. The van der Waals surface area contributed by atoms with E-state index in [2.05, 4.69) is 39.5 Å². The molecule has 0 aliphatic heterocycles. The Kier molecular flexibility index (Phi) is 18.4. The molecule has 18 heteroatoms. The van der Waals surface area contributed by atoms with Gasteiger partial charge < -0.3 is 49.4 Å². The number of amides is 2. The zero-order valence-corrected chi connectivity index (χ0v) is 29.2. The van der Waals surface area contributed by atoms with Crippen LogP contribution in [0.3, 0.4) is 0 Å². The number of primary amides is 2. The topological polar surface area (TPSA) is 262 Å². The second kappa shape index (κ2) is 22.1. The van der Waals surface area contributed by atoms with Crippen molar-refractivity contribution in [2.45, 2.75) is 12.8 Å². The summed E-state index contributed by atoms with van der Waals surface area (Å²) in [5, 5.41) is 0. The Balaban J connectivity index is 4.39. The molecule has 0 saturated heterocycles. The van der Waals surface area contributed by atoms with E-state index >= 15 is 0 Å². The van der Waals surface area contributed by atoms with Crippen LogP contribution in [0.5, 0.6) is 11.5 Å². The van der Waals surface area contributed by atoms with Crippen LogP contribution in [-0.4, -0.2) is 87.6 Å². The molecule has 0 heterocycles. The van der Waals surface area contributed by atoms with Crippen LogP contribution in [-0.2, 0) is 70.0 Å². The monoisotopic (exact) mass is 756 g/mol. The zero-order chi connectivity index (χ0) is 40.9. The Morgan fingerprint density at radius 2 is 0.648 bits per heavy atom. The summed E-state index contributed by atoms with van der Waals surface area (Å²) in [5.74, 6) is -6.44. The van der Waals surface area contributed by atoms with Gasteiger partial charge in [-0.05, 0) is 25.0 Å². The zero-order valence-electron chi connectivity index (χ0n) is 29.2. The van der Waals surface area contributed by atoms with Crippen LogP contribution in [0.1, 0.15) is 11.1 Å². The van der Waals surface area contributed by atoms with E-state index in [1.807, 2.05) is 0 Å². The fourth-order valence-corrected chi connectivity index (χ4v) is 4.45. The van der Waals surface area contributed by atoms with Crippen LogP contribution in [0.25, 0.3) is 0 Å². The highest BCUT2D eigenvalue weighted by Gasteiger charge is 2.42. The maximum absolute atomic E-state index is 12.3. The molecule has 2 amide bonds. The van der Waals surface area contributed by atoms with Gasteiger partial charge in [-0.1, -0.05) is 39.5 Å². The fraction of sp³-hybridized carbons (Fsp3) is 0.278. The summed E-state index contributed by atoms with van der Waals surface area (Å²) in [5.41, 5.74) is 6.91. The van der Waals surface area contributed by atoms with Crippen LogP contribution in [0.15, 0.2) is 88.1 Å². The van der Waals surface area contributed by atoms with Crippen molar-refractivity contribution in [1.82, 2.24) is 0 Å². The molecular weight excluding hydrogens is 716 g/mol. The van der Waals surface area contributed by atoms with E-state index in [-0.39, 0.29) is 22.6 Å². The first kappa shape index (κ1) is 45.0. The minimum absolute atomic E-state index is 0.143. The quantitative estimate of drug-likeness (QED) is 0.0868. The molecule has 1 aromatic carbocycles. The minimum Gasteiger partial charge on any atom is -0.462 e. The number of carbonyl (C=O) groups excluding carboxylic acids is 8. The van der Waals surface area contributed by atoms with Crippen molar-refractivity contribution in [1.29, 1.82) is 0 Å². The number of rotatable bonds is 24. The molecule has 0 bridgehead atoms. The molecule has 0 radical (unpaired) electrons. The summed E-state index contributed by atoms with van der Waals surface area (Å²) in [6, 6.07) is 2.26. The van der Waals surface area contributed by atoms with Gasteiger partial charge in [0.25, 0.3) is 0 Å². The van der Waals surface area contributed by atoms with E-state index in [1.54, 1.807) is 0 Å². The Hall–Kier alpha value is -6.98. The molecule has 0 saturated carbocycles. The molecular formula is C36H40N2O16. The number of nitrogens with two attached hydrogens (primary N) is 2. The number of carbonyl (C=O) groups is 8. The van der Waals surface area contributed by atoms with E-state index in [1.165, 1.54) is 0 Å². The van der Waals surface area contributed by atoms with Crippen molar-refractivity contribution >= 4 is 48.0 Å². The molecule has 4 N–H and O–H groups in total. The van der Waals surface area contributed by atoms with Gasteiger partial charge in [-0.15, -0.1) is 0 Å². The first-order valence-electron chi connectivity index (χ1n) is 15.4. The van der Waals surface area contributed by atoms with Gasteiger partial charge in [0.1, 0.15) is 51.1 Å². The third-order valence-corrected chi connectivity index (χ3v) is 6.99. The summed E-state index contributed by atoms with van der Waals surface area (Å²) in [6.45, 7) is 15.9. The van der Waals surface area contributed by atoms with Gasteiger partial charge in [0.05, 0.1) is 10.8 Å². The van der Waals surface area contributed by atoms with E-state index in [0.29, 0.717) is 0 Å². The van der Waals surface area contributed by atoms with Gasteiger partial charge in [-0.3, -0.25) is 0 Å². The Labute approximate surface area is 309 Å². The number of hydrogen-bond donors (Lipinski definition) is 2. The van der Waals surface area contributed by atoms with Gasteiger partial charge in [-0.25, -0.2) is 38.4 Å². The molecule has 54 heavy (non-hydrogen) atoms. The molecule has 0 spiro atoms. The van der Waals surface area contributed by atoms with E-state index in [4.69, 9.17) is 49.4 Å². The molecule has 0 aliphatic rings. The SMILES string of the molecule is C=CC(=O)OCC(COC(=O)C=C)(COC(=O)C=C)Cc1c(OC(N)=O)ccc(OC(N)=O)c1CC(COC(=O)C=C)(COC(=O)C=C)COC(=O)C=C. The lowest BCUT2D eigenvalue weighted by molar-refractivity contribution is -0.158. The first-order valence-corrected chi connectivity index (χ1v) is 15.4. The van der Waals surface area contributed by atoms with E-state index in [9.17, 15) is 38.4 Å². The van der Waals surface area contributed by atoms with Crippen LogP contribution < -0.4 is 20.9 Å². The Morgan fingerprint density at radius 3 is 0.815 bits per heavy atom. The lowest BCUT2D eigenvalue weighted by Crippen LogP contribution is -2.43. The third kappa shape index (κ3) is 15.1. The Bertz CT molecular complexity index is 1440. The molecule has 18 nitrogen and oxygen atoms in total. The van der Waals surface area contributed by atoms with Crippen molar-refractivity contribution < 1.29 is 76.3 Å². The molecule has 290 valence electrons. The minimum atomic E-state index is -1.78. The van der Waals surface area contributed by atoms with Crippen LogP contribution >= 0.6 is 0 Å². The second-order valence-corrected chi connectivity index (χ2v) is 11.1. The third-order valence-electron chi connectivity index (χ3n) is 6.99. The molecule has 1 rings (SSSR count). The molecule has 0 aromatic heterocycles. The van der Waals surface area contributed by atoms with Gasteiger partial charge in [0, 0.05) is 47.6 Å². The summed E-state index contributed by atoms with van der Waals surface area (Å²) in [7, 11) is 0. The van der Waals surface area contributed by atoms with Crippen molar-refractivity contribution in [2.75, 3.05) is 39.6 Å². The molecule has 0 fully saturated rings. The lowest BCUT2D eigenvalue weighted by atomic mass is 9.77. The van der Waals surface area contributed by atoms with Crippen LogP contribution in [0.4, 0.5) is 9.59 Å². The largest absolute Gasteiger partial charge is 0.462 e. The van der Waals surface area contributed by atoms with Crippen molar-refractivity contribution in [3.05, 3.63) is 99.2 Å². The summed E-state index contributed by atoms with van der Waals surface area (Å²) >= 11 is 0. The second-order valence-electron chi connectivity index (χ2n) is 11.1. The number of benzene rings is 1. The molecule has 1 aromatic rings. The van der Waals surface area contributed by atoms with E-state index in [0.717, 1.165) is 48.6 Å². The van der Waals surface area contributed by atoms with Crippen molar-refractivity contribution in [3.8, 4) is 11.5 Å². The number of hydrogen-bond acceptors (Lipinski definition) is 16. The van der Waals surface area contributed by atoms with Gasteiger partial charge in [0.2, 0.25) is 0 Å². The molecule has 0 aliphatic carbocycles. The fourth-order valence-electron chi connectivity index (χ4n) is 4.45. The first-order chi connectivity index (χ1) is 25.5. The standard InChI is InChI=1S/C36H40N2O16/c1-7-27(39)47-17-35(18-48-28(40)8-2,19-49-29(41)9-3)15-23-24(26(54-34(38)46)14-13-25(23)53-33(37)45)16-36(20-50-30(42)10-4,21-51-31(43)11-5)22-52-32(44)12-6/h7-14H,1-6,15-22H2,(H2,37,45)(H2,38,46). The van der Waals surface area contributed by atoms with Crippen LogP contribution in [0, 0.1) is 10.8 Å². The van der Waals surface area contributed by atoms with Gasteiger partial charge >= 0.3 is 48.0 Å². The number of esters is 6. The van der Waals surface area contributed by atoms with E-state index < -0.39 is 111 Å². The average Bonchev–Trinajstić information content (AvgIpc) is 3.16. The summed E-state index contributed by atoms with van der Waals surface area (Å²) in [6.07, 6.45) is 1.10. The van der Waals surface area contributed by atoms with Crippen molar-refractivity contribution in [3.63, 3.8) is 0 Å². The predicted molar refractivity (Wildman–Crippen MR) is 186 cm³/mol. The smallest absolute Gasteiger partial charge is 0.409 e. The molecule has 0 atom stereocenters. The summed E-state index contributed by atoms with van der Waals surface area (Å²) < 4.78 is 42.5. The highest BCUT2D eigenvalue weighted by atomic mass is 16.6. The highest BCUT2D eigenvalue weighted by molar-refractivity contribution is 5.83. The average molecular weight is 757 g/mol. The predicted octanol–water partition coefficient (Wildman–Crippen LogP) is 2.03. The summed E-state index contributed by atoms with van der Waals surface area (Å²) in [4.78, 5) is 98.2. The molecule has 0 unspecified atom stereocenters. The maximum atomic E-state index is 12.3. The van der Waals surface area contributed by atoms with Gasteiger partial charge in [0.15, 0.2) is 0 Å². The van der Waals surface area contributed by atoms with Crippen LogP contribution in [0.2, 0.25) is 0 Å². The lowest BCUT2D eigenvalue weighted by Gasteiger charge is -2.36. The Morgan fingerprint density at radius 1 is 0.444 bits per heavy atom. The maximum Gasteiger partial charge on any atom is 0.409 e. The van der Waals surface area contributed by atoms with Crippen molar-refractivity contribution in [2.24, 2.45) is 22.3 Å². The highest BCUT2D eigenvalue weighted by Crippen LogP contribution is 2.41.